The van der Waals surface area contributed by atoms with Crippen molar-refractivity contribution in [2.24, 2.45) is 0 Å². The summed E-state index contributed by atoms with van der Waals surface area (Å²) in [6.45, 7) is 5.50. The molecule has 0 spiro atoms. The van der Waals surface area contributed by atoms with Gasteiger partial charge < -0.3 is 14.8 Å². The summed E-state index contributed by atoms with van der Waals surface area (Å²) >= 11 is 0. The first-order valence-corrected chi connectivity index (χ1v) is 7.87. The van der Waals surface area contributed by atoms with Gasteiger partial charge in [-0.3, -0.25) is 9.69 Å². The predicted octanol–water partition coefficient (Wildman–Crippen LogP) is 2.37. The van der Waals surface area contributed by atoms with E-state index in [-0.39, 0.29) is 18.0 Å². The molecule has 0 unspecified atom stereocenters. The Balaban J connectivity index is 2.25. The Bertz CT molecular complexity index is 519. The van der Waals surface area contributed by atoms with Crippen molar-refractivity contribution in [3.05, 3.63) is 23.8 Å². The summed E-state index contributed by atoms with van der Waals surface area (Å²) in [5, 5.41) is 2.91. The molecule has 1 fully saturated rings. The molecule has 1 aliphatic heterocycles. The number of methoxy groups -OCH3 is 2. The van der Waals surface area contributed by atoms with Crippen molar-refractivity contribution in [2.75, 3.05) is 27.3 Å². The van der Waals surface area contributed by atoms with Crippen LogP contribution in [0.25, 0.3) is 0 Å². The number of likely N-dealkylation sites (tertiary alicyclic amines) is 1. The van der Waals surface area contributed by atoms with Gasteiger partial charge in [-0.15, -0.1) is 0 Å². The van der Waals surface area contributed by atoms with Gasteiger partial charge in [0, 0.05) is 24.2 Å². The highest BCUT2D eigenvalue weighted by molar-refractivity contribution is 5.81. The normalized spacial score (nSPS) is 19.7. The fourth-order valence-corrected chi connectivity index (χ4v) is 3.15. The molecule has 1 saturated heterocycles. The molecule has 22 heavy (non-hydrogen) atoms. The number of carbonyl (C=O) groups excluding carboxylic acids is 1. The van der Waals surface area contributed by atoms with Gasteiger partial charge in [0.2, 0.25) is 5.91 Å². The van der Waals surface area contributed by atoms with Crippen molar-refractivity contribution < 1.29 is 14.3 Å². The molecule has 122 valence electrons. The van der Waals surface area contributed by atoms with Crippen LogP contribution in [0.3, 0.4) is 0 Å². The highest BCUT2D eigenvalue weighted by Gasteiger charge is 2.34. The molecular weight excluding hydrogens is 280 g/mol. The van der Waals surface area contributed by atoms with E-state index in [2.05, 4.69) is 10.2 Å². The van der Waals surface area contributed by atoms with E-state index < -0.39 is 0 Å². The summed E-state index contributed by atoms with van der Waals surface area (Å²) in [5.74, 6) is 1.68. The quantitative estimate of drug-likeness (QED) is 0.876. The number of carbonyl (C=O) groups is 1. The molecule has 1 amide bonds. The minimum absolute atomic E-state index is 0.0851. The standard InChI is InChI=1S/C17H26N2O3/c1-5-18-17(20)12(2)19-10-6-7-15(19)14-9-8-13(21-3)11-16(14)22-4/h8-9,11-12,15H,5-7,10H2,1-4H3,(H,18,20)/t12-,15-/m1/s1. The molecule has 2 atom stereocenters. The van der Waals surface area contributed by atoms with Gasteiger partial charge in [0.1, 0.15) is 11.5 Å². The van der Waals surface area contributed by atoms with Gasteiger partial charge in [-0.05, 0) is 39.3 Å². The van der Waals surface area contributed by atoms with E-state index in [1.165, 1.54) is 0 Å². The third-order valence-electron chi connectivity index (χ3n) is 4.32. The fourth-order valence-electron chi connectivity index (χ4n) is 3.15. The molecule has 0 aromatic heterocycles. The van der Waals surface area contributed by atoms with Gasteiger partial charge in [0.15, 0.2) is 0 Å². The van der Waals surface area contributed by atoms with Gasteiger partial charge in [-0.1, -0.05) is 6.07 Å². The number of hydrogen-bond donors (Lipinski definition) is 1. The maximum Gasteiger partial charge on any atom is 0.237 e. The number of hydrogen-bond acceptors (Lipinski definition) is 4. The molecule has 1 aromatic rings. The van der Waals surface area contributed by atoms with Gasteiger partial charge in [-0.2, -0.15) is 0 Å². The SMILES string of the molecule is CCNC(=O)[C@@H](C)N1CCC[C@@H]1c1ccc(OC)cc1OC. The van der Waals surface area contributed by atoms with Crippen LogP contribution in [0.1, 0.15) is 38.3 Å². The number of nitrogens with zero attached hydrogens (tertiary/aromatic N) is 1. The van der Waals surface area contributed by atoms with Crippen LogP contribution in [-0.2, 0) is 4.79 Å². The third-order valence-corrected chi connectivity index (χ3v) is 4.32. The van der Waals surface area contributed by atoms with Crippen molar-refractivity contribution in [3.8, 4) is 11.5 Å². The first-order valence-electron chi connectivity index (χ1n) is 7.87. The number of ether oxygens (including phenoxy) is 2. The molecular formula is C17H26N2O3. The first kappa shape index (κ1) is 16.6. The molecule has 2 rings (SSSR count). The minimum Gasteiger partial charge on any atom is -0.497 e. The molecule has 5 heteroatoms. The van der Waals surface area contributed by atoms with E-state index in [1.807, 2.05) is 32.0 Å². The maximum atomic E-state index is 12.2. The molecule has 0 bridgehead atoms. The molecule has 0 radical (unpaired) electrons. The Kier molecular flexibility index (Phi) is 5.66. The number of benzene rings is 1. The lowest BCUT2D eigenvalue weighted by Crippen LogP contribution is -2.44. The zero-order chi connectivity index (χ0) is 16.1. The van der Waals surface area contributed by atoms with E-state index in [1.54, 1.807) is 14.2 Å². The van der Waals surface area contributed by atoms with E-state index >= 15 is 0 Å². The van der Waals surface area contributed by atoms with Crippen molar-refractivity contribution in [1.82, 2.24) is 10.2 Å². The third kappa shape index (κ3) is 3.35. The van der Waals surface area contributed by atoms with Crippen molar-refractivity contribution >= 4 is 5.91 Å². The Labute approximate surface area is 132 Å². The molecule has 1 N–H and O–H groups in total. The molecule has 1 aliphatic rings. The lowest BCUT2D eigenvalue weighted by atomic mass is 10.0. The van der Waals surface area contributed by atoms with Crippen LogP contribution in [0.4, 0.5) is 0 Å². The summed E-state index contributed by atoms with van der Waals surface area (Å²) in [6, 6.07) is 5.97. The van der Waals surface area contributed by atoms with Gasteiger partial charge >= 0.3 is 0 Å². The summed E-state index contributed by atoms with van der Waals surface area (Å²) in [6.07, 6.45) is 2.12. The Hall–Kier alpha value is -1.75. The van der Waals surface area contributed by atoms with E-state index in [4.69, 9.17) is 9.47 Å². The summed E-state index contributed by atoms with van der Waals surface area (Å²) < 4.78 is 10.8. The zero-order valence-corrected chi connectivity index (χ0v) is 13.9. The van der Waals surface area contributed by atoms with Crippen molar-refractivity contribution in [1.29, 1.82) is 0 Å². The number of likely N-dealkylation sites (N-methyl/N-ethyl adjacent to an activating group) is 1. The second-order valence-corrected chi connectivity index (χ2v) is 5.57. The van der Waals surface area contributed by atoms with Crippen LogP contribution < -0.4 is 14.8 Å². The van der Waals surface area contributed by atoms with Crippen LogP contribution in [0.2, 0.25) is 0 Å². The van der Waals surface area contributed by atoms with Crippen molar-refractivity contribution in [2.45, 2.75) is 38.8 Å². The summed E-state index contributed by atoms with van der Waals surface area (Å²) in [5.41, 5.74) is 1.12. The minimum atomic E-state index is -0.140. The monoisotopic (exact) mass is 306 g/mol. The van der Waals surface area contributed by atoms with Gasteiger partial charge in [0.25, 0.3) is 0 Å². The Morgan fingerprint density at radius 3 is 2.82 bits per heavy atom. The summed E-state index contributed by atoms with van der Waals surface area (Å²) in [7, 11) is 3.32. The number of amides is 1. The largest absolute Gasteiger partial charge is 0.497 e. The van der Waals surface area contributed by atoms with Crippen LogP contribution in [-0.4, -0.2) is 44.2 Å². The van der Waals surface area contributed by atoms with E-state index in [0.717, 1.165) is 36.4 Å². The lowest BCUT2D eigenvalue weighted by molar-refractivity contribution is -0.126. The Morgan fingerprint density at radius 1 is 1.41 bits per heavy atom. The van der Waals surface area contributed by atoms with Gasteiger partial charge in [-0.25, -0.2) is 0 Å². The van der Waals surface area contributed by atoms with Crippen LogP contribution in [0.15, 0.2) is 18.2 Å². The summed E-state index contributed by atoms with van der Waals surface area (Å²) in [4.78, 5) is 14.4. The van der Waals surface area contributed by atoms with E-state index in [0.29, 0.717) is 6.54 Å². The Morgan fingerprint density at radius 2 is 2.18 bits per heavy atom. The average molecular weight is 306 g/mol. The number of rotatable bonds is 6. The maximum absolute atomic E-state index is 12.2. The molecule has 0 aliphatic carbocycles. The van der Waals surface area contributed by atoms with Crippen molar-refractivity contribution in [3.63, 3.8) is 0 Å². The van der Waals surface area contributed by atoms with E-state index in [9.17, 15) is 4.79 Å². The highest BCUT2D eigenvalue weighted by atomic mass is 16.5. The second-order valence-electron chi connectivity index (χ2n) is 5.57. The van der Waals surface area contributed by atoms with Gasteiger partial charge in [0.05, 0.1) is 20.3 Å². The topological polar surface area (TPSA) is 50.8 Å². The molecule has 0 saturated carbocycles. The van der Waals surface area contributed by atoms with Crippen LogP contribution in [0.5, 0.6) is 11.5 Å². The first-order chi connectivity index (χ1) is 10.6. The molecule has 5 nitrogen and oxygen atoms in total. The lowest BCUT2D eigenvalue weighted by Gasteiger charge is -2.30. The van der Waals surface area contributed by atoms with Crippen LogP contribution in [0, 0.1) is 0 Å². The second kappa shape index (κ2) is 7.49. The fraction of sp³-hybridized carbons (Fsp3) is 0.588. The predicted molar refractivity (Wildman–Crippen MR) is 86.4 cm³/mol. The zero-order valence-electron chi connectivity index (χ0n) is 13.9. The van der Waals surface area contributed by atoms with Crippen LogP contribution >= 0.6 is 0 Å². The highest BCUT2D eigenvalue weighted by Crippen LogP contribution is 2.39. The average Bonchev–Trinajstić information content (AvgIpc) is 3.02. The number of nitrogens with one attached hydrogen (secondary N) is 1. The smallest absolute Gasteiger partial charge is 0.237 e. The molecule has 1 aromatic carbocycles. The molecule has 1 heterocycles.